The summed E-state index contributed by atoms with van der Waals surface area (Å²) in [5.74, 6) is -1.13. The monoisotopic (exact) mass is 294 g/mol. The first-order chi connectivity index (χ1) is 9.79. The maximum absolute atomic E-state index is 12.1. The minimum absolute atomic E-state index is 0.0142. The SMILES string of the molecule is Cc1cc(C)c(NC(=O)N2CC(O)C(O)C2)c(C(=O)O)c1. The molecule has 7 heteroatoms. The van der Waals surface area contributed by atoms with Crippen molar-refractivity contribution >= 4 is 17.7 Å². The molecule has 21 heavy (non-hydrogen) atoms. The molecule has 0 radical (unpaired) electrons. The van der Waals surface area contributed by atoms with Crippen LogP contribution in [0.2, 0.25) is 0 Å². The third-order valence-corrected chi connectivity index (χ3v) is 3.49. The highest BCUT2D eigenvalue weighted by molar-refractivity contribution is 6.01. The van der Waals surface area contributed by atoms with Gasteiger partial charge in [0, 0.05) is 0 Å². The number of carboxylic acid groups (broad SMARTS) is 1. The van der Waals surface area contributed by atoms with Crippen molar-refractivity contribution in [3.63, 3.8) is 0 Å². The normalized spacial score (nSPS) is 21.4. The van der Waals surface area contributed by atoms with Gasteiger partial charge in [0.15, 0.2) is 0 Å². The molecular weight excluding hydrogens is 276 g/mol. The van der Waals surface area contributed by atoms with Gasteiger partial charge in [0.1, 0.15) is 0 Å². The van der Waals surface area contributed by atoms with Crippen molar-refractivity contribution in [3.8, 4) is 0 Å². The third-order valence-electron chi connectivity index (χ3n) is 3.49. The predicted octanol–water partition coefficient (Wildman–Crippen LogP) is 0.571. The summed E-state index contributed by atoms with van der Waals surface area (Å²) < 4.78 is 0. The molecule has 0 bridgehead atoms. The first-order valence-corrected chi connectivity index (χ1v) is 6.56. The number of likely N-dealkylation sites (tertiary alicyclic amines) is 1. The fraction of sp³-hybridized carbons (Fsp3) is 0.429. The highest BCUT2D eigenvalue weighted by Crippen LogP contribution is 2.24. The Balaban J connectivity index is 2.23. The van der Waals surface area contributed by atoms with Crippen LogP contribution >= 0.6 is 0 Å². The standard InChI is InChI=1S/C14H18N2O5/c1-7-3-8(2)12(9(4-7)13(19)20)15-14(21)16-5-10(17)11(18)6-16/h3-4,10-11,17-18H,5-6H2,1-2H3,(H,15,21)(H,19,20). The number of aliphatic hydroxyl groups excluding tert-OH is 2. The third kappa shape index (κ3) is 3.14. The van der Waals surface area contributed by atoms with E-state index in [-0.39, 0.29) is 24.3 Å². The highest BCUT2D eigenvalue weighted by atomic mass is 16.4. The van der Waals surface area contributed by atoms with Gasteiger partial charge >= 0.3 is 12.0 Å². The van der Waals surface area contributed by atoms with Crippen LogP contribution in [0.1, 0.15) is 21.5 Å². The minimum atomic E-state index is -1.13. The lowest BCUT2D eigenvalue weighted by molar-refractivity contribution is 0.0572. The Bertz CT molecular complexity index is 577. The van der Waals surface area contributed by atoms with Crippen LogP contribution in [0.4, 0.5) is 10.5 Å². The quantitative estimate of drug-likeness (QED) is 0.637. The van der Waals surface area contributed by atoms with Gasteiger partial charge in [0.25, 0.3) is 0 Å². The van der Waals surface area contributed by atoms with Gasteiger partial charge in [-0.1, -0.05) is 6.07 Å². The summed E-state index contributed by atoms with van der Waals surface area (Å²) in [5, 5.41) is 30.7. The second-order valence-electron chi connectivity index (χ2n) is 5.28. The number of aliphatic hydroxyl groups is 2. The zero-order valence-electron chi connectivity index (χ0n) is 11.8. The summed E-state index contributed by atoms with van der Waals surface area (Å²) in [6.45, 7) is 3.52. The van der Waals surface area contributed by atoms with Crippen LogP contribution in [0, 0.1) is 13.8 Å². The number of aromatic carboxylic acids is 1. The Labute approximate surface area is 121 Å². The van der Waals surface area contributed by atoms with E-state index in [1.807, 2.05) is 0 Å². The number of carbonyl (C=O) groups is 2. The van der Waals surface area contributed by atoms with E-state index in [1.54, 1.807) is 19.9 Å². The van der Waals surface area contributed by atoms with Crippen LogP contribution in [0.15, 0.2) is 12.1 Å². The van der Waals surface area contributed by atoms with E-state index in [0.29, 0.717) is 5.56 Å². The molecule has 1 fully saturated rings. The average molecular weight is 294 g/mol. The number of benzene rings is 1. The fourth-order valence-corrected chi connectivity index (χ4v) is 2.42. The highest BCUT2D eigenvalue weighted by Gasteiger charge is 2.33. The number of hydrogen-bond donors (Lipinski definition) is 4. The molecule has 0 aromatic heterocycles. The Morgan fingerprint density at radius 3 is 2.29 bits per heavy atom. The van der Waals surface area contributed by atoms with Gasteiger partial charge in [0.2, 0.25) is 0 Å². The number of anilines is 1. The maximum atomic E-state index is 12.1. The van der Waals surface area contributed by atoms with Crippen LogP contribution in [0.3, 0.4) is 0 Å². The Hall–Kier alpha value is -2.12. The number of carboxylic acids is 1. The van der Waals surface area contributed by atoms with Crippen molar-refractivity contribution in [3.05, 3.63) is 28.8 Å². The molecule has 4 N–H and O–H groups in total. The van der Waals surface area contributed by atoms with Crippen molar-refractivity contribution in [1.82, 2.24) is 4.90 Å². The second kappa shape index (κ2) is 5.71. The number of urea groups is 1. The van der Waals surface area contributed by atoms with Crippen molar-refractivity contribution < 1.29 is 24.9 Å². The summed E-state index contributed by atoms with van der Waals surface area (Å²) in [5.41, 5.74) is 1.67. The molecule has 2 atom stereocenters. The number of nitrogens with one attached hydrogen (secondary N) is 1. The van der Waals surface area contributed by atoms with Crippen LogP contribution < -0.4 is 5.32 Å². The minimum Gasteiger partial charge on any atom is -0.478 e. The van der Waals surface area contributed by atoms with Gasteiger partial charge in [0.05, 0.1) is 36.5 Å². The van der Waals surface area contributed by atoms with Crippen LogP contribution in [0.5, 0.6) is 0 Å². The predicted molar refractivity (Wildman–Crippen MR) is 75.5 cm³/mol. The van der Waals surface area contributed by atoms with E-state index in [0.717, 1.165) is 5.56 Å². The van der Waals surface area contributed by atoms with Crippen molar-refractivity contribution in [2.45, 2.75) is 26.1 Å². The molecular formula is C14H18N2O5. The van der Waals surface area contributed by atoms with Gasteiger partial charge in [-0.3, -0.25) is 0 Å². The van der Waals surface area contributed by atoms with E-state index in [2.05, 4.69) is 5.32 Å². The van der Waals surface area contributed by atoms with Gasteiger partial charge in [-0.25, -0.2) is 9.59 Å². The van der Waals surface area contributed by atoms with Gasteiger partial charge in [-0.05, 0) is 31.0 Å². The molecule has 1 aromatic rings. The summed E-state index contributed by atoms with van der Waals surface area (Å²) in [6, 6.07) is 2.72. The van der Waals surface area contributed by atoms with Gasteiger partial charge < -0.3 is 25.5 Å². The van der Waals surface area contributed by atoms with Crippen molar-refractivity contribution in [2.75, 3.05) is 18.4 Å². The molecule has 1 heterocycles. The molecule has 1 aliphatic heterocycles. The summed E-state index contributed by atoms with van der Waals surface area (Å²) >= 11 is 0. The number of β-amino-alcohol motifs (C(OH)–C–C–N with tert-alkyl or cyclic N) is 2. The zero-order valence-corrected chi connectivity index (χ0v) is 11.8. The molecule has 114 valence electrons. The maximum Gasteiger partial charge on any atom is 0.337 e. The average Bonchev–Trinajstić information content (AvgIpc) is 2.72. The number of nitrogens with zero attached hydrogens (tertiary/aromatic N) is 1. The van der Waals surface area contributed by atoms with Crippen LogP contribution in [0.25, 0.3) is 0 Å². The number of rotatable bonds is 2. The lowest BCUT2D eigenvalue weighted by Crippen LogP contribution is -2.34. The molecule has 0 spiro atoms. The first-order valence-electron chi connectivity index (χ1n) is 6.56. The molecule has 1 aliphatic rings. The molecule has 0 aliphatic carbocycles. The van der Waals surface area contributed by atoms with Gasteiger partial charge in [-0.2, -0.15) is 0 Å². The smallest absolute Gasteiger partial charge is 0.337 e. The molecule has 1 aromatic carbocycles. The fourth-order valence-electron chi connectivity index (χ4n) is 2.42. The van der Waals surface area contributed by atoms with Crippen LogP contribution in [-0.2, 0) is 0 Å². The topological polar surface area (TPSA) is 110 Å². The van der Waals surface area contributed by atoms with E-state index in [1.165, 1.54) is 11.0 Å². The number of aryl methyl sites for hydroxylation is 2. The van der Waals surface area contributed by atoms with E-state index in [4.69, 9.17) is 0 Å². The summed E-state index contributed by atoms with van der Waals surface area (Å²) in [6.07, 6.45) is -1.96. The second-order valence-corrected chi connectivity index (χ2v) is 5.28. The van der Waals surface area contributed by atoms with E-state index >= 15 is 0 Å². The molecule has 2 amide bonds. The van der Waals surface area contributed by atoms with E-state index in [9.17, 15) is 24.9 Å². The Kier molecular flexibility index (Phi) is 4.15. The summed E-state index contributed by atoms with van der Waals surface area (Å²) in [7, 11) is 0. The van der Waals surface area contributed by atoms with E-state index < -0.39 is 24.2 Å². The summed E-state index contributed by atoms with van der Waals surface area (Å²) in [4.78, 5) is 24.7. The molecule has 2 unspecified atom stereocenters. The van der Waals surface area contributed by atoms with Gasteiger partial charge in [-0.15, -0.1) is 0 Å². The Morgan fingerprint density at radius 1 is 1.19 bits per heavy atom. The first kappa shape index (κ1) is 15.3. The van der Waals surface area contributed by atoms with Crippen LogP contribution in [-0.4, -0.2) is 57.5 Å². The zero-order chi connectivity index (χ0) is 15.7. The number of amides is 2. The molecule has 0 saturated carbocycles. The number of carbonyl (C=O) groups excluding carboxylic acids is 1. The lowest BCUT2D eigenvalue weighted by atomic mass is 10.0. The number of hydrogen-bond acceptors (Lipinski definition) is 4. The molecule has 1 saturated heterocycles. The largest absolute Gasteiger partial charge is 0.478 e. The molecule has 7 nitrogen and oxygen atoms in total. The molecule has 2 rings (SSSR count). The van der Waals surface area contributed by atoms with Crippen molar-refractivity contribution in [2.24, 2.45) is 0 Å². The van der Waals surface area contributed by atoms with Crippen molar-refractivity contribution in [1.29, 1.82) is 0 Å². The Morgan fingerprint density at radius 2 is 1.76 bits per heavy atom. The lowest BCUT2D eigenvalue weighted by Gasteiger charge is -2.19.